The summed E-state index contributed by atoms with van der Waals surface area (Å²) in [6, 6.07) is 9.32. The second-order valence-corrected chi connectivity index (χ2v) is 5.91. The van der Waals surface area contributed by atoms with E-state index in [2.05, 4.69) is 25.5 Å². The van der Waals surface area contributed by atoms with E-state index in [1.165, 1.54) is 12.1 Å². The fourth-order valence-corrected chi connectivity index (χ4v) is 2.58. The summed E-state index contributed by atoms with van der Waals surface area (Å²) in [7, 11) is 0. The zero-order chi connectivity index (χ0) is 19.5. The number of ether oxygens (including phenoxy) is 1. The van der Waals surface area contributed by atoms with E-state index in [-0.39, 0.29) is 12.2 Å². The molecule has 0 atom stereocenters. The molecule has 4 aromatic rings. The third-order valence-corrected chi connectivity index (χ3v) is 4.10. The lowest BCUT2D eigenvalue weighted by Gasteiger charge is -2.09. The van der Waals surface area contributed by atoms with Gasteiger partial charge in [0.2, 0.25) is 5.88 Å². The van der Waals surface area contributed by atoms with Gasteiger partial charge in [0.05, 0.1) is 11.4 Å². The highest BCUT2D eigenvalue weighted by atomic mass is 19.3. The molecule has 142 valence electrons. The molecule has 0 unspecified atom stereocenters. The molecule has 0 bridgehead atoms. The van der Waals surface area contributed by atoms with E-state index in [1.807, 2.05) is 0 Å². The largest absolute Gasteiger partial charge is 0.470 e. The van der Waals surface area contributed by atoms with Gasteiger partial charge in [0.1, 0.15) is 18.6 Å². The van der Waals surface area contributed by atoms with Crippen LogP contribution in [-0.4, -0.2) is 34.7 Å². The number of hydrogen-bond donors (Lipinski definition) is 0. The summed E-state index contributed by atoms with van der Waals surface area (Å²) in [6.45, 7) is 1.94. The SMILES string of the molecule is Cc1nnn(-c2ccc(C(F)F)cc2)c1COc1ccc(-n2ccnc2)nn1. The van der Waals surface area contributed by atoms with Gasteiger partial charge in [-0.15, -0.1) is 15.3 Å². The van der Waals surface area contributed by atoms with Gasteiger partial charge in [0.25, 0.3) is 6.43 Å². The highest BCUT2D eigenvalue weighted by molar-refractivity contribution is 5.36. The number of nitrogens with zero attached hydrogens (tertiary/aromatic N) is 7. The highest BCUT2D eigenvalue weighted by Gasteiger charge is 2.14. The van der Waals surface area contributed by atoms with Gasteiger partial charge in [0.15, 0.2) is 5.82 Å². The lowest BCUT2D eigenvalue weighted by molar-refractivity contribution is 0.151. The van der Waals surface area contributed by atoms with Crippen molar-refractivity contribution in [2.75, 3.05) is 0 Å². The lowest BCUT2D eigenvalue weighted by atomic mass is 10.2. The fraction of sp³-hybridized carbons (Fsp3) is 0.167. The van der Waals surface area contributed by atoms with Gasteiger partial charge in [-0.3, -0.25) is 4.57 Å². The molecule has 0 amide bonds. The Labute approximate surface area is 158 Å². The summed E-state index contributed by atoms with van der Waals surface area (Å²) in [5.41, 5.74) is 1.92. The highest BCUT2D eigenvalue weighted by Crippen LogP contribution is 2.21. The van der Waals surface area contributed by atoms with Crippen molar-refractivity contribution in [2.24, 2.45) is 0 Å². The lowest BCUT2D eigenvalue weighted by Crippen LogP contribution is -2.08. The third kappa shape index (κ3) is 3.56. The number of halogens is 2. The van der Waals surface area contributed by atoms with E-state index >= 15 is 0 Å². The molecule has 0 radical (unpaired) electrons. The zero-order valence-electron chi connectivity index (χ0n) is 14.8. The number of imidazole rings is 1. The minimum atomic E-state index is -2.52. The molecular weight excluding hydrogens is 368 g/mol. The maximum atomic E-state index is 12.7. The van der Waals surface area contributed by atoms with Crippen molar-refractivity contribution in [1.82, 2.24) is 34.7 Å². The number of aryl methyl sites for hydroxylation is 1. The summed E-state index contributed by atoms with van der Waals surface area (Å²) in [6.07, 6.45) is 2.52. The molecule has 3 aromatic heterocycles. The Hall–Kier alpha value is -3.69. The fourth-order valence-electron chi connectivity index (χ4n) is 2.58. The first-order valence-corrected chi connectivity index (χ1v) is 8.36. The van der Waals surface area contributed by atoms with Gasteiger partial charge in [-0.1, -0.05) is 17.3 Å². The Kier molecular flexibility index (Phi) is 4.75. The van der Waals surface area contributed by atoms with E-state index in [0.29, 0.717) is 28.8 Å². The molecule has 0 fully saturated rings. The Morgan fingerprint density at radius 1 is 1.04 bits per heavy atom. The Morgan fingerprint density at radius 2 is 1.86 bits per heavy atom. The van der Waals surface area contributed by atoms with Crippen LogP contribution in [0.15, 0.2) is 55.1 Å². The molecule has 0 saturated carbocycles. The first-order chi connectivity index (χ1) is 13.6. The van der Waals surface area contributed by atoms with Crippen molar-refractivity contribution in [3.63, 3.8) is 0 Å². The van der Waals surface area contributed by atoms with Crippen LogP contribution in [-0.2, 0) is 6.61 Å². The van der Waals surface area contributed by atoms with E-state index < -0.39 is 6.43 Å². The molecule has 1 aromatic carbocycles. The van der Waals surface area contributed by atoms with Crippen molar-refractivity contribution >= 4 is 0 Å². The number of aromatic nitrogens is 7. The predicted octanol–water partition coefficient (Wildman–Crippen LogP) is 3.07. The number of benzene rings is 1. The van der Waals surface area contributed by atoms with Crippen LogP contribution in [0.4, 0.5) is 8.78 Å². The van der Waals surface area contributed by atoms with E-state index in [0.717, 1.165) is 0 Å². The molecule has 3 heterocycles. The second-order valence-electron chi connectivity index (χ2n) is 5.91. The molecule has 0 aliphatic rings. The van der Waals surface area contributed by atoms with Crippen molar-refractivity contribution in [2.45, 2.75) is 20.0 Å². The molecular formula is C18H15F2N7O. The molecule has 28 heavy (non-hydrogen) atoms. The van der Waals surface area contributed by atoms with Crippen LogP contribution < -0.4 is 4.74 Å². The Morgan fingerprint density at radius 3 is 2.50 bits per heavy atom. The number of hydrogen-bond acceptors (Lipinski definition) is 6. The minimum absolute atomic E-state index is 0.0494. The van der Waals surface area contributed by atoms with Crippen molar-refractivity contribution in [3.8, 4) is 17.4 Å². The molecule has 0 N–H and O–H groups in total. The van der Waals surface area contributed by atoms with Crippen LogP contribution in [0.2, 0.25) is 0 Å². The first-order valence-electron chi connectivity index (χ1n) is 8.36. The van der Waals surface area contributed by atoms with Gasteiger partial charge in [-0.25, -0.2) is 18.4 Å². The average Bonchev–Trinajstić information content (AvgIpc) is 3.37. The summed E-state index contributed by atoms with van der Waals surface area (Å²) in [4.78, 5) is 3.96. The van der Waals surface area contributed by atoms with Crippen LogP contribution in [0.1, 0.15) is 23.4 Å². The van der Waals surface area contributed by atoms with E-state index in [9.17, 15) is 8.78 Å². The van der Waals surface area contributed by atoms with E-state index in [1.54, 1.807) is 59.2 Å². The van der Waals surface area contributed by atoms with Gasteiger partial charge in [-0.2, -0.15) is 0 Å². The summed E-state index contributed by atoms with van der Waals surface area (Å²) in [5.74, 6) is 0.955. The summed E-state index contributed by atoms with van der Waals surface area (Å²) in [5, 5.41) is 16.3. The van der Waals surface area contributed by atoms with Gasteiger partial charge < -0.3 is 4.74 Å². The van der Waals surface area contributed by atoms with Crippen LogP contribution >= 0.6 is 0 Å². The standard InChI is InChI=1S/C18H15F2N7O/c1-12-15(27(25-22-12)14-4-2-13(3-5-14)18(19)20)10-28-17-7-6-16(23-24-17)26-9-8-21-11-26/h2-9,11,18H,10H2,1H3. The zero-order valence-corrected chi connectivity index (χ0v) is 14.8. The van der Waals surface area contributed by atoms with Crippen molar-refractivity contribution < 1.29 is 13.5 Å². The van der Waals surface area contributed by atoms with Gasteiger partial charge in [0, 0.05) is 24.0 Å². The number of rotatable bonds is 6. The summed E-state index contributed by atoms with van der Waals surface area (Å²) >= 11 is 0. The average molecular weight is 383 g/mol. The molecule has 10 heteroatoms. The monoisotopic (exact) mass is 383 g/mol. The molecule has 0 spiro atoms. The van der Waals surface area contributed by atoms with Gasteiger partial charge >= 0.3 is 0 Å². The third-order valence-electron chi connectivity index (χ3n) is 4.10. The molecule has 0 aliphatic heterocycles. The maximum Gasteiger partial charge on any atom is 0.263 e. The normalized spacial score (nSPS) is 11.1. The maximum absolute atomic E-state index is 12.7. The second kappa shape index (κ2) is 7.51. The van der Waals surface area contributed by atoms with Crippen LogP contribution in [0.25, 0.3) is 11.5 Å². The van der Waals surface area contributed by atoms with Crippen LogP contribution in [0.3, 0.4) is 0 Å². The Balaban J connectivity index is 1.50. The molecule has 0 aliphatic carbocycles. The van der Waals surface area contributed by atoms with Crippen LogP contribution in [0.5, 0.6) is 5.88 Å². The quantitative estimate of drug-likeness (QED) is 0.509. The van der Waals surface area contributed by atoms with Gasteiger partial charge in [-0.05, 0) is 25.1 Å². The molecule has 4 rings (SSSR count). The molecule has 8 nitrogen and oxygen atoms in total. The van der Waals surface area contributed by atoms with E-state index in [4.69, 9.17) is 4.74 Å². The van der Waals surface area contributed by atoms with Crippen molar-refractivity contribution in [3.05, 3.63) is 72.1 Å². The topological polar surface area (TPSA) is 83.5 Å². The molecule has 0 saturated heterocycles. The number of alkyl halides is 2. The smallest absolute Gasteiger partial charge is 0.263 e. The Bertz CT molecular complexity index is 1040. The minimum Gasteiger partial charge on any atom is -0.470 e. The van der Waals surface area contributed by atoms with Crippen molar-refractivity contribution in [1.29, 1.82) is 0 Å². The predicted molar refractivity (Wildman–Crippen MR) is 94.5 cm³/mol. The summed E-state index contributed by atoms with van der Waals surface area (Å²) < 4.78 is 34.5. The first kappa shape index (κ1) is 17.7. The van der Waals surface area contributed by atoms with Crippen LogP contribution in [0, 0.1) is 6.92 Å².